The molecule has 1 aromatic rings. The first kappa shape index (κ1) is 20.3. The van der Waals surface area contributed by atoms with Crippen LogP contribution in [0.4, 0.5) is 17.6 Å². The molecule has 136 valence electrons. The number of ether oxygens (including phenoxy) is 2. The Morgan fingerprint density at radius 2 is 1.71 bits per heavy atom. The van der Waals surface area contributed by atoms with Gasteiger partial charge in [0.15, 0.2) is 0 Å². The molecule has 1 atom stereocenters. The van der Waals surface area contributed by atoms with E-state index in [4.69, 9.17) is 0 Å². The van der Waals surface area contributed by atoms with E-state index in [1.54, 1.807) is 0 Å². The molecule has 1 fully saturated rings. The Kier molecular flexibility index (Phi) is 7.56. The molecule has 24 heavy (non-hydrogen) atoms. The van der Waals surface area contributed by atoms with Gasteiger partial charge in [0.2, 0.25) is 0 Å². The van der Waals surface area contributed by atoms with Crippen molar-refractivity contribution in [2.24, 2.45) is 0 Å². The summed E-state index contributed by atoms with van der Waals surface area (Å²) in [5.74, 6) is -1.29. The summed E-state index contributed by atoms with van der Waals surface area (Å²) in [6.07, 6.45) is 0. The van der Waals surface area contributed by atoms with E-state index in [9.17, 15) is 22.4 Å². The number of amides is 1. The maximum atomic E-state index is 12.4. The number of hydrogen-bond donors (Lipinski definition) is 1. The number of nitrogens with one attached hydrogen (secondary N) is 1. The van der Waals surface area contributed by atoms with E-state index < -0.39 is 30.6 Å². The average molecular weight is 373 g/mol. The molecule has 1 aliphatic rings. The number of piperazine rings is 1. The summed E-state index contributed by atoms with van der Waals surface area (Å²) < 4.78 is 57.7. The minimum absolute atomic E-state index is 0. The van der Waals surface area contributed by atoms with Crippen LogP contribution in [0.1, 0.15) is 17.3 Å². The summed E-state index contributed by atoms with van der Waals surface area (Å²) in [6, 6.07) is 3.12. The van der Waals surface area contributed by atoms with Gasteiger partial charge >= 0.3 is 13.2 Å². The minimum atomic E-state index is -3.14. The Hall–Kier alpha value is -1.74. The fourth-order valence-electron chi connectivity index (χ4n) is 2.34. The number of halogens is 5. The molecule has 1 N–H and O–H groups in total. The molecule has 1 aromatic carbocycles. The van der Waals surface area contributed by atoms with Crippen molar-refractivity contribution in [2.75, 3.05) is 19.6 Å². The normalized spacial score (nSPS) is 17.6. The van der Waals surface area contributed by atoms with Crippen molar-refractivity contribution in [1.82, 2.24) is 10.2 Å². The molecule has 1 aliphatic heterocycles. The van der Waals surface area contributed by atoms with E-state index in [-0.39, 0.29) is 24.0 Å². The molecule has 0 saturated carbocycles. The Morgan fingerprint density at radius 1 is 1.17 bits per heavy atom. The molecule has 1 heterocycles. The molecule has 1 amide bonds. The lowest BCUT2D eigenvalue weighted by atomic mass is 10.1. The van der Waals surface area contributed by atoms with Crippen LogP contribution in [-0.4, -0.2) is 49.7 Å². The van der Waals surface area contributed by atoms with Crippen LogP contribution in [0.15, 0.2) is 18.2 Å². The number of benzene rings is 1. The third-order valence-corrected chi connectivity index (χ3v) is 3.23. The molecule has 0 spiro atoms. The van der Waals surface area contributed by atoms with Gasteiger partial charge in [0.05, 0.1) is 0 Å². The Labute approximate surface area is 142 Å². The molecule has 2 rings (SSSR count). The first-order valence-electron chi connectivity index (χ1n) is 6.92. The number of hydrogen-bond acceptors (Lipinski definition) is 4. The van der Waals surface area contributed by atoms with Crippen LogP contribution in [0.25, 0.3) is 0 Å². The summed E-state index contributed by atoms with van der Waals surface area (Å²) in [5, 5.41) is 3.15. The van der Waals surface area contributed by atoms with Crippen LogP contribution in [0.3, 0.4) is 0 Å². The van der Waals surface area contributed by atoms with Crippen LogP contribution < -0.4 is 14.8 Å². The minimum Gasteiger partial charge on any atom is -0.435 e. The molecule has 0 bridgehead atoms. The van der Waals surface area contributed by atoms with Gasteiger partial charge in [-0.3, -0.25) is 4.79 Å². The van der Waals surface area contributed by atoms with Crippen molar-refractivity contribution < 1.29 is 31.8 Å². The molecule has 5 nitrogen and oxygen atoms in total. The number of rotatable bonds is 5. The van der Waals surface area contributed by atoms with E-state index in [1.807, 2.05) is 6.92 Å². The highest BCUT2D eigenvalue weighted by molar-refractivity contribution is 5.95. The fraction of sp³-hybridized carbons (Fsp3) is 0.500. The standard InChI is InChI=1S/C14H16F4N2O3.ClH/c1-8-7-20(3-2-19-8)12(21)9-4-10(22-13(15)16)6-11(5-9)23-14(17)18;/h4-6,8,13-14,19H,2-3,7H2,1H3;1H/t8-;/m1./s1. The topological polar surface area (TPSA) is 50.8 Å². The van der Waals surface area contributed by atoms with Crippen molar-refractivity contribution >= 4 is 18.3 Å². The van der Waals surface area contributed by atoms with Crippen LogP contribution in [-0.2, 0) is 0 Å². The number of carbonyl (C=O) groups is 1. The van der Waals surface area contributed by atoms with Gasteiger partial charge in [-0.2, -0.15) is 17.6 Å². The van der Waals surface area contributed by atoms with Gasteiger partial charge in [-0.1, -0.05) is 0 Å². The van der Waals surface area contributed by atoms with Gasteiger partial charge in [0, 0.05) is 37.3 Å². The maximum Gasteiger partial charge on any atom is 0.387 e. The number of alkyl halides is 4. The van der Waals surface area contributed by atoms with Crippen LogP contribution in [0.5, 0.6) is 11.5 Å². The van der Waals surface area contributed by atoms with Crippen LogP contribution in [0.2, 0.25) is 0 Å². The smallest absolute Gasteiger partial charge is 0.387 e. The highest BCUT2D eigenvalue weighted by Gasteiger charge is 2.23. The maximum absolute atomic E-state index is 12.4. The van der Waals surface area contributed by atoms with Gasteiger partial charge in [0.1, 0.15) is 11.5 Å². The quantitative estimate of drug-likeness (QED) is 0.808. The van der Waals surface area contributed by atoms with E-state index >= 15 is 0 Å². The molecule has 1 saturated heterocycles. The first-order chi connectivity index (χ1) is 10.8. The largest absolute Gasteiger partial charge is 0.435 e. The highest BCUT2D eigenvalue weighted by atomic mass is 35.5. The van der Waals surface area contributed by atoms with Gasteiger partial charge in [-0.15, -0.1) is 12.4 Å². The predicted octanol–water partition coefficient (Wildman–Crippen LogP) is 2.75. The molecular formula is C14H17ClF4N2O3. The number of nitrogens with zero attached hydrogens (tertiary/aromatic N) is 1. The van der Waals surface area contributed by atoms with E-state index in [2.05, 4.69) is 14.8 Å². The first-order valence-corrected chi connectivity index (χ1v) is 6.92. The summed E-state index contributed by atoms with van der Waals surface area (Å²) in [5.41, 5.74) is -0.0482. The fourth-order valence-corrected chi connectivity index (χ4v) is 2.34. The summed E-state index contributed by atoms with van der Waals surface area (Å²) in [4.78, 5) is 13.9. The number of carbonyl (C=O) groups excluding carboxylic acids is 1. The lowest BCUT2D eigenvalue weighted by molar-refractivity contribution is -0.0543. The zero-order chi connectivity index (χ0) is 17.0. The van der Waals surface area contributed by atoms with Gasteiger partial charge in [0.25, 0.3) is 5.91 Å². The molecular weight excluding hydrogens is 356 g/mol. The van der Waals surface area contributed by atoms with Gasteiger partial charge in [-0.25, -0.2) is 0 Å². The van der Waals surface area contributed by atoms with Crippen molar-refractivity contribution in [3.63, 3.8) is 0 Å². The zero-order valence-electron chi connectivity index (χ0n) is 12.7. The SMILES string of the molecule is C[C@@H]1CN(C(=O)c2cc(OC(F)F)cc(OC(F)F)c2)CCN1.Cl. The van der Waals surface area contributed by atoms with Crippen LogP contribution >= 0.6 is 12.4 Å². The summed E-state index contributed by atoms with van der Waals surface area (Å²) in [6.45, 7) is -2.96. The second-order valence-corrected chi connectivity index (χ2v) is 5.06. The van der Waals surface area contributed by atoms with Crippen molar-refractivity contribution in [1.29, 1.82) is 0 Å². The van der Waals surface area contributed by atoms with E-state index in [0.717, 1.165) is 18.2 Å². The molecule has 0 aromatic heterocycles. The average Bonchev–Trinajstić information content (AvgIpc) is 2.44. The Morgan fingerprint density at radius 3 is 2.17 bits per heavy atom. The van der Waals surface area contributed by atoms with E-state index in [0.29, 0.717) is 19.6 Å². The van der Waals surface area contributed by atoms with Crippen molar-refractivity contribution in [3.8, 4) is 11.5 Å². The zero-order valence-corrected chi connectivity index (χ0v) is 13.5. The highest BCUT2D eigenvalue weighted by Crippen LogP contribution is 2.26. The van der Waals surface area contributed by atoms with Crippen LogP contribution in [0, 0.1) is 0 Å². The van der Waals surface area contributed by atoms with Crippen molar-refractivity contribution in [3.05, 3.63) is 23.8 Å². The predicted molar refractivity (Wildman–Crippen MR) is 80.3 cm³/mol. The van der Waals surface area contributed by atoms with Crippen molar-refractivity contribution in [2.45, 2.75) is 26.2 Å². The summed E-state index contributed by atoms with van der Waals surface area (Å²) >= 11 is 0. The molecule has 0 unspecified atom stereocenters. The summed E-state index contributed by atoms with van der Waals surface area (Å²) in [7, 11) is 0. The lowest BCUT2D eigenvalue weighted by Gasteiger charge is -2.32. The lowest BCUT2D eigenvalue weighted by Crippen LogP contribution is -2.51. The van der Waals surface area contributed by atoms with Gasteiger partial charge in [-0.05, 0) is 19.1 Å². The second-order valence-electron chi connectivity index (χ2n) is 5.06. The Balaban J connectivity index is 0.00000288. The molecule has 0 radical (unpaired) electrons. The Bertz CT molecular complexity index is 535. The second kappa shape index (κ2) is 8.93. The van der Waals surface area contributed by atoms with E-state index in [1.165, 1.54) is 4.90 Å². The monoisotopic (exact) mass is 372 g/mol. The molecule has 10 heteroatoms. The van der Waals surface area contributed by atoms with Gasteiger partial charge < -0.3 is 19.7 Å². The third-order valence-electron chi connectivity index (χ3n) is 3.23. The third kappa shape index (κ3) is 5.72. The molecule has 0 aliphatic carbocycles.